The first-order valence-corrected chi connectivity index (χ1v) is 8.21. The lowest BCUT2D eigenvalue weighted by atomic mass is 10.1. The van der Waals surface area contributed by atoms with Crippen LogP contribution in [0.5, 0.6) is 0 Å². The molecule has 0 amide bonds. The molecule has 1 aromatic carbocycles. The van der Waals surface area contributed by atoms with Gasteiger partial charge in [-0.1, -0.05) is 19.1 Å². The van der Waals surface area contributed by atoms with Crippen molar-refractivity contribution in [3.63, 3.8) is 0 Å². The SMILES string of the molecule is CCC(=O)c1ccc(S(=O)(=O)N2CCN(C)CC2)cc1. The van der Waals surface area contributed by atoms with Crippen molar-refractivity contribution in [3.05, 3.63) is 29.8 Å². The second-order valence-corrected chi connectivity index (χ2v) is 6.95. The molecule has 0 aliphatic carbocycles. The third-order valence-electron chi connectivity index (χ3n) is 3.60. The van der Waals surface area contributed by atoms with E-state index in [1.807, 2.05) is 7.05 Å². The van der Waals surface area contributed by atoms with E-state index in [-0.39, 0.29) is 10.7 Å². The van der Waals surface area contributed by atoms with Gasteiger partial charge in [0.2, 0.25) is 10.0 Å². The molecule has 0 N–H and O–H groups in total. The number of carbonyl (C=O) groups excluding carboxylic acids is 1. The molecular weight excluding hydrogens is 276 g/mol. The first kappa shape index (κ1) is 15.2. The van der Waals surface area contributed by atoms with Gasteiger partial charge in [0.25, 0.3) is 0 Å². The molecule has 1 heterocycles. The Bertz CT molecular complexity index is 573. The van der Waals surface area contributed by atoms with Gasteiger partial charge >= 0.3 is 0 Å². The molecule has 0 aromatic heterocycles. The number of hydrogen-bond donors (Lipinski definition) is 0. The number of nitrogens with zero attached hydrogens (tertiary/aromatic N) is 2. The largest absolute Gasteiger partial charge is 0.304 e. The molecule has 1 fully saturated rings. The van der Waals surface area contributed by atoms with Crippen LogP contribution in [-0.2, 0) is 10.0 Å². The van der Waals surface area contributed by atoms with E-state index in [1.54, 1.807) is 19.1 Å². The Labute approximate surface area is 120 Å². The number of likely N-dealkylation sites (N-methyl/N-ethyl adjacent to an activating group) is 1. The maximum atomic E-state index is 12.5. The Morgan fingerprint density at radius 2 is 1.65 bits per heavy atom. The monoisotopic (exact) mass is 296 g/mol. The van der Waals surface area contributed by atoms with Crippen LogP contribution in [0.1, 0.15) is 23.7 Å². The van der Waals surface area contributed by atoms with E-state index in [9.17, 15) is 13.2 Å². The standard InChI is InChI=1S/C14H20N2O3S/c1-3-14(17)12-4-6-13(7-5-12)20(18,19)16-10-8-15(2)9-11-16/h4-7H,3,8-11H2,1-2H3. The summed E-state index contributed by atoms with van der Waals surface area (Å²) < 4.78 is 26.4. The fraction of sp³-hybridized carbons (Fsp3) is 0.500. The number of rotatable bonds is 4. The quantitative estimate of drug-likeness (QED) is 0.784. The van der Waals surface area contributed by atoms with Crippen molar-refractivity contribution in [2.45, 2.75) is 18.2 Å². The zero-order valence-electron chi connectivity index (χ0n) is 11.9. The van der Waals surface area contributed by atoms with Gasteiger partial charge in [0, 0.05) is 38.2 Å². The van der Waals surface area contributed by atoms with Crippen LogP contribution in [0.15, 0.2) is 29.2 Å². The van der Waals surface area contributed by atoms with Gasteiger partial charge in [-0.15, -0.1) is 0 Å². The van der Waals surface area contributed by atoms with Crippen molar-refractivity contribution in [1.29, 1.82) is 0 Å². The second-order valence-electron chi connectivity index (χ2n) is 5.01. The van der Waals surface area contributed by atoms with E-state index in [1.165, 1.54) is 16.4 Å². The Kier molecular flexibility index (Phi) is 4.57. The summed E-state index contributed by atoms with van der Waals surface area (Å²) in [5, 5.41) is 0. The lowest BCUT2D eigenvalue weighted by Gasteiger charge is -2.31. The maximum absolute atomic E-state index is 12.5. The predicted octanol–water partition coefficient (Wildman–Crippen LogP) is 1.22. The zero-order chi connectivity index (χ0) is 14.8. The van der Waals surface area contributed by atoms with Gasteiger partial charge in [0.15, 0.2) is 5.78 Å². The number of Topliss-reactive ketones (excluding diaryl/α,β-unsaturated/α-hetero) is 1. The van der Waals surface area contributed by atoms with Gasteiger partial charge in [0.1, 0.15) is 0 Å². The third-order valence-corrected chi connectivity index (χ3v) is 5.51. The molecule has 1 saturated heterocycles. The Hall–Kier alpha value is -1.24. The van der Waals surface area contributed by atoms with Gasteiger partial charge in [-0.3, -0.25) is 4.79 Å². The van der Waals surface area contributed by atoms with E-state index < -0.39 is 10.0 Å². The average molecular weight is 296 g/mol. The maximum Gasteiger partial charge on any atom is 0.243 e. The first-order valence-electron chi connectivity index (χ1n) is 6.77. The molecule has 2 rings (SSSR count). The highest BCUT2D eigenvalue weighted by Gasteiger charge is 2.27. The van der Waals surface area contributed by atoms with Crippen LogP contribution in [-0.4, -0.2) is 56.6 Å². The highest BCUT2D eigenvalue weighted by atomic mass is 32.2. The number of benzene rings is 1. The molecule has 0 spiro atoms. The molecule has 6 heteroatoms. The van der Waals surface area contributed by atoms with Crippen LogP contribution in [0.2, 0.25) is 0 Å². The summed E-state index contributed by atoms with van der Waals surface area (Å²) in [4.78, 5) is 13.9. The fourth-order valence-electron chi connectivity index (χ4n) is 2.19. The molecule has 1 aliphatic rings. The number of carbonyl (C=O) groups is 1. The highest BCUT2D eigenvalue weighted by Crippen LogP contribution is 2.18. The van der Waals surface area contributed by atoms with Crippen LogP contribution in [0, 0.1) is 0 Å². The van der Waals surface area contributed by atoms with E-state index in [0.717, 1.165) is 13.1 Å². The lowest BCUT2D eigenvalue weighted by Crippen LogP contribution is -2.46. The summed E-state index contributed by atoms with van der Waals surface area (Å²) in [5.41, 5.74) is 0.560. The summed E-state index contributed by atoms with van der Waals surface area (Å²) in [7, 11) is -1.46. The topological polar surface area (TPSA) is 57.7 Å². The molecule has 0 bridgehead atoms. The molecular formula is C14H20N2O3S. The van der Waals surface area contributed by atoms with Crippen molar-refractivity contribution in [2.75, 3.05) is 33.2 Å². The minimum absolute atomic E-state index is 0.0218. The van der Waals surface area contributed by atoms with Crippen molar-refractivity contribution in [3.8, 4) is 0 Å². The summed E-state index contributed by atoms with van der Waals surface area (Å²) in [6, 6.07) is 6.23. The molecule has 0 unspecified atom stereocenters. The summed E-state index contributed by atoms with van der Waals surface area (Å²) in [6.45, 7) is 4.29. The number of piperazine rings is 1. The van der Waals surface area contributed by atoms with E-state index in [0.29, 0.717) is 25.1 Å². The Balaban J connectivity index is 2.19. The number of sulfonamides is 1. The Morgan fingerprint density at radius 3 is 2.15 bits per heavy atom. The van der Waals surface area contributed by atoms with Gasteiger partial charge in [-0.05, 0) is 19.2 Å². The smallest absolute Gasteiger partial charge is 0.243 e. The van der Waals surface area contributed by atoms with E-state index in [4.69, 9.17) is 0 Å². The van der Waals surface area contributed by atoms with Gasteiger partial charge in [-0.2, -0.15) is 4.31 Å². The van der Waals surface area contributed by atoms with Crippen molar-refractivity contribution >= 4 is 15.8 Å². The molecule has 110 valence electrons. The summed E-state index contributed by atoms with van der Waals surface area (Å²) in [5.74, 6) is 0.0218. The van der Waals surface area contributed by atoms with Crippen molar-refractivity contribution < 1.29 is 13.2 Å². The average Bonchev–Trinajstić information content (AvgIpc) is 2.47. The number of ketones is 1. The minimum Gasteiger partial charge on any atom is -0.304 e. The predicted molar refractivity (Wildman–Crippen MR) is 77.3 cm³/mol. The normalized spacial score (nSPS) is 18.1. The molecule has 0 saturated carbocycles. The van der Waals surface area contributed by atoms with Gasteiger partial charge < -0.3 is 4.90 Å². The zero-order valence-corrected chi connectivity index (χ0v) is 12.7. The van der Waals surface area contributed by atoms with Crippen LogP contribution in [0.3, 0.4) is 0 Å². The van der Waals surface area contributed by atoms with Crippen molar-refractivity contribution in [2.24, 2.45) is 0 Å². The summed E-state index contributed by atoms with van der Waals surface area (Å²) >= 11 is 0. The summed E-state index contributed by atoms with van der Waals surface area (Å²) in [6.07, 6.45) is 0.421. The molecule has 0 radical (unpaired) electrons. The Morgan fingerprint density at radius 1 is 1.10 bits per heavy atom. The fourth-order valence-corrected chi connectivity index (χ4v) is 3.62. The van der Waals surface area contributed by atoms with Crippen LogP contribution >= 0.6 is 0 Å². The molecule has 5 nitrogen and oxygen atoms in total. The van der Waals surface area contributed by atoms with Gasteiger partial charge in [-0.25, -0.2) is 8.42 Å². The number of hydrogen-bond acceptors (Lipinski definition) is 4. The lowest BCUT2D eigenvalue weighted by molar-refractivity contribution is 0.0988. The third kappa shape index (κ3) is 3.08. The van der Waals surface area contributed by atoms with Gasteiger partial charge in [0.05, 0.1) is 4.90 Å². The minimum atomic E-state index is -3.44. The molecule has 0 atom stereocenters. The van der Waals surface area contributed by atoms with Crippen LogP contribution < -0.4 is 0 Å². The van der Waals surface area contributed by atoms with Crippen LogP contribution in [0.4, 0.5) is 0 Å². The molecule has 20 heavy (non-hydrogen) atoms. The first-order chi connectivity index (χ1) is 9.45. The van der Waals surface area contributed by atoms with Crippen molar-refractivity contribution in [1.82, 2.24) is 9.21 Å². The molecule has 1 aromatic rings. The van der Waals surface area contributed by atoms with Crippen LogP contribution in [0.25, 0.3) is 0 Å². The van der Waals surface area contributed by atoms with E-state index >= 15 is 0 Å². The van der Waals surface area contributed by atoms with E-state index in [2.05, 4.69) is 4.90 Å². The second kappa shape index (κ2) is 6.03. The highest BCUT2D eigenvalue weighted by molar-refractivity contribution is 7.89. The molecule has 1 aliphatic heterocycles.